The van der Waals surface area contributed by atoms with Crippen LogP contribution in [-0.4, -0.2) is 43.5 Å². The molecule has 0 spiro atoms. The van der Waals surface area contributed by atoms with Gasteiger partial charge in [-0.15, -0.1) is 0 Å². The van der Waals surface area contributed by atoms with Gasteiger partial charge in [0.2, 0.25) is 0 Å². The molecule has 0 aromatic heterocycles. The average Bonchev–Trinajstić information content (AvgIpc) is 2.81. The molecular weight excluding hydrogens is 248 g/mol. The van der Waals surface area contributed by atoms with E-state index >= 15 is 0 Å². The number of hydrogen-bond acceptors (Lipinski definition) is 3. The number of hydrogen-bond donors (Lipinski definition) is 0. The summed E-state index contributed by atoms with van der Waals surface area (Å²) in [7, 11) is 0. The second kappa shape index (κ2) is 6.23. The first-order valence-corrected chi connectivity index (χ1v) is 8.01. The first-order valence-electron chi connectivity index (χ1n) is 8.01. The highest BCUT2D eigenvalue weighted by molar-refractivity contribution is 5.97. The third kappa shape index (κ3) is 3.04. The Balaban J connectivity index is 1.88. The first kappa shape index (κ1) is 14.0. The molecule has 0 radical (unpaired) electrons. The summed E-state index contributed by atoms with van der Waals surface area (Å²) in [5.41, 5.74) is 4.09. The van der Waals surface area contributed by atoms with E-state index in [0.717, 1.165) is 26.2 Å². The zero-order valence-corrected chi connectivity index (χ0v) is 12.8. The summed E-state index contributed by atoms with van der Waals surface area (Å²) >= 11 is 0. The van der Waals surface area contributed by atoms with E-state index in [4.69, 9.17) is 9.73 Å². The van der Waals surface area contributed by atoms with Crippen LogP contribution in [0, 0.1) is 11.8 Å². The van der Waals surface area contributed by atoms with Crippen molar-refractivity contribution in [1.29, 1.82) is 0 Å². The minimum atomic E-state index is 0.497. The van der Waals surface area contributed by atoms with E-state index in [1.54, 1.807) is 0 Å². The average molecular weight is 274 g/mol. The Labute approximate surface area is 122 Å². The van der Waals surface area contributed by atoms with Crippen LogP contribution in [0.25, 0.3) is 0 Å². The van der Waals surface area contributed by atoms with Gasteiger partial charge in [0, 0.05) is 24.8 Å². The van der Waals surface area contributed by atoms with Gasteiger partial charge in [0.05, 0.1) is 12.3 Å². The van der Waals surface area contributed by atoms with Crippen LogP contribution in [0.3, 0.4) is 0 Å². The first-order chi connectivity index (χ1) is 9.74. The molecule has 3 aliphatic heterocycles. The van der Waals surface area contributed by atoms with Crippen LogP contribution in [0.4, 0.5) is 0 Å². The fourth-order valence-corrected chi connectivity index (χ4v) is 3.11. The number of likely N-dealkylation sites (tertiary alicyclic amines) is 1. The van der Waals surface area contributed by atoms with Crippen molar-refractivity contribution in [2.24, 2.45) is 16.8 Å². The molecule has 20 heavy (non-hydrogen) atoms. The van der Waals surface area contributed by atoms with Crippen LogP contribution in [0.15, 0.2) is 28.4 Å². The van der Waals surface area contributed by atoms with E-state index in [-0.39, 0.29) is 0 Å². The van der Waals surface area contributed by atoms with E-state index in [0.29, 0.717) is 11.8 Å². The molecule has 0 bridgehead atoms. The molecule has 0 aliphatic carbocycles. The smallest absolute Gasteiger partial charge is 0.0546 e. The summed E-state index contributed by atoms with van der Waals surface area (Å²) in [5.74, 6) is 1.09. The molecule has 0 aromatic carbocycles. The minimum Gasteiger partial charge on any atom is -0.381 e. The summed E-state index contributed by atoms with van der Waals surface area (Å²) in [4.78, 5) is 7.55. The Morgan fingerprint density at radius 1 is 1.40 bits per heavy atom. The molecule has 0 amide bonds. The summed E-state index contributed by atoms with van der Waals surface area (Å²) in [5, 5.41) is 0. The fourth-order valence-electron chi connectivity index (χ4n) is 3.11. The van der Waals surface area contributed by atoms with Gasteiger partial charge in [0.25, 0.3) is 0 Å². The number of allylic oxidation sites excluding steroid dienone is 2. The molecule has 3 heteroatoms. The van der Waals surface area contributed by atoms with Gasteiger partial charge in [-0.05, 0) is 49.9 Å². The van der Waals surface area contributed by atoms with Gasteiger partial charge in [-0.3, -0.25) is 9.89 Å². The minimum absolute atomic E-state index is 0.497. The predicted molar refractivity (Wildman–Crippen MR) is 83.0 cm³/mol. The topological polar surface area (TPSA) is 24.8 Å². The van der Waals surface area contributed by atoms with Gasteiger partial charge in [-0.2, -0.15) is 0 Å². The Hall–Kier alpha value is -0.930. The number of aliphatic imine (C=N–C) groups is 1. The lowest BCUT2D eigenvalue weighted by Crippen LogP contribution is -2.38. The normalized spacial score (nSPS) is 27.8. The van der Waals surface area contributed by atoms with Crippen molar-refractivity contribution < 1.29 is 4.74 Å². The standard InChI is InChI=1S/C17H26N2O/c1-13(2)16-6-3-5-15(14-7-10-20-12-14)17(18-16)11-19-8-4-9-19/h3,6,13-14H,4-5,7-12H2,1-2H3/t14-/m1/s1. The molecule has 0 unspecified atom stereocenters. The quantitative estimate of drug-likeness (QED) is 0.787. The molecule has 0 N–H and O–H groups in total. The number of ether oxygens (including phenoxy) is 1. The van der Waals surface area contributed by atoms with Crippen molar-refractivity contribution in [3.63, 3.8) is 0 Å². The summed E-state index contributed by atoms with van der Waals surface area (Å²) in [6, 6.07) is 0. The van der Waals surface area contributed by atoms with Crippen LogP contribution >= 0.6 is 0 Å². The lowest BCUT2D eigenvalue weighted by molar-refractivity contribution is 0.187. The third-order valence-electron chi connectivity index (χ3n) is 4.60. The molecule has 3 heterocycles. The molecule has 3 nitrogen and oxygen atoms in total. The van der Waals surface area contributed by atoms with Crippen LogP contribution in [-0.2, 0) is 4.74 Å². The zero-order chi connectivity index (χ0) is 13.9. The van der Waals surface area contributed by atoms with Crippen molar-refractivity contribution in [3.8, 4) is 0 Å². The monoisotopic (exact) mass is 274 g/mol. The maximum absolute atomic E-state index is 5.60. The highest BCUT2D eigenvalue weighted by atomic mass is 16.5. The highest BCUT2D eigenvalue weighted by Crippen LogP contribution is 2.30. The van der Waals surface area contributed by atoms with Crippen LogP contribution < -0.4 is 0 Å². The molecule has 2 fully saturated rings. The number of rotatable bonds is 4. The van der Waals surface area contributed by atoms with Gasteiger partial charge in [-0.25, -0.2) is 0 Å². The van der Waals surface area contributed by atoms with Crippen LogP contribution in [0.5, 0.6) is 0 Å². The maximum Gasteiger partial charge on any atom is 0.0546 e. The van der Waals surface area contributed by atoms with Gasteiger partial charge in [0.1, 0.15) is 0 Å². The lowest BCUT2D eigenvalue weighted by atomic mass is 9.93. The van der Waals surface area contributed by atoms with Gasteiger partial charge >= 0.3 is 0 Å². The zero-order valence-electron chi connectivity index (χ0n) is 12.8. The summed E-state index contributed by atoms with van der Waals surface area (Å²) in [6.07, 6.45) is 8.09. The molecular formula is C17H26N2O. The van der Waals surface area contributed by atoms with Crippen molar-refractivity contribution in [1.82, 2.24) is 4.90 Å². The van der Waals surface area contributed by atoms with Gasteiger partial charge in [-0.1, -0.05) is 19.9 Å². The van der Waals surface area contributed by atoms with E-state index in [1.807, 2.05) is 0 Å². The fraction of sp³-hybridized carbons (Fsp3) is 0.706. The van der Waals surface area contributed by atoms with Crippen molar-refractivity contribution in [2.75, 3.05) is 32.8 Å². The Kier molecular flexibility index (Phi) is 4.37. The molecule has 110 valence electrons. The largest absolute Gasteiger partial charge is 0.381 e. The number of nitrogens with zero attached hydrogens (tertiary/aromatic N) is 2. The summed E-state index contributed by atoms with van der Waals surface area (Å²) in [6.45, 7) is 9.76. The van der Waals surface area contributed by atoms with E-state index in [1.165, 1.54) is 42.9 Å². The molecule has 0 aromatic rings. The molecule has 2 saturated heterocycles. The third-order valence-corrected chi connectivity index (χ3v) is 4.60. The molecule has 3 rings (SSSR count). The van der Waals surface area contributed by atoms with Gasteiger partial charge in [0.15, 0.2) is 0 Å². The highest BCUT2D eigenvalue weighted by Gasteiger charge is 2.26. The van der Waals surface area contributed by atoms with Gasteiger partial charge < -0.3 is 4.74 Å². The Morgan fingerprint density at radius 3 is 2.85 bits per heavy atom. The Bertz CT molecular complexity index is 438. The summed E-state index contributed by atoms with van der Waals surface area (Å²) < 4.78 is 5.60. The predicted octanol–water partition coefficient (Wildman–Crippen LogP) is 3.04. The second-order valence-electron chi connectivity index (χ2n) is 6.46. The lowest BCUT2D eigenvalue weighted by Gasteiger charge is -2.32. The van der Waals surface area contributed by atoms with Crippen molar-refractivity contribution in [3.05, 3.63) is 23.4 Å². The van der Waals surface area contributed by atoms with Crippen LogP contribution in [0.1, 0.15) is 33.1 Å². The van der Waals surface area contributed by atoms with Crippen LogP contribution in [0.2, 0.25) is 0 Å². The van der Waals surface area contributed by atoms with Crippen molar-refractivity contribution in [2.45, 2.75) is 33.1 Å². The maximum atomic E-state index is 5.60. The molecule has 3 aliphatic rings. The van der Waals surface area contributed by atoms with E-state index in [9.17, 15) is 0 Å². The molecule has 1 atom stereocenters. The van der Waals surface area contributed by atoms with E-state index in [2.05, 4.69) is 30.9 Å². The second-order valence-corrected chi connectivity index (χ2v) is 6.46. The Morgan fingerprint density at radius 2 is 2.25 bits per heavy atom. The van der Waals surface area contributed by atoms with Crippen molar-refractivity contribution >= 4 is 5.71 Å². The molecule has 0 saturated carbocycles. The van der Waals surface area contributed by atoms with E-state index < -0.39 is 0 Å². The SMILES string of the molecule is CC(C)C1=NC(CN2CCC2)=C([C@@H]2CCOC2)CC=C1.